The van der Waals surface area contributed by atoms with Crippen LogP contribution in [0, 0.1) is 6.92 Å². The molecule has 0 aliphatic heterocycles. The van der Waals surface area contributed by atoms with Gasteiger partial charge in [-0.1, -0.05) is 42.8 Å². The summed E-state index contributed by atoms with van der Waals surface area (Å²) in [4.78, 5) is 19.6. The first-order valence-electron chi connectivity index (χ1n) is 9.17. The Hall–Kier alpha value is -3.02. The van der Waals surface area contributed by atoms with Gasteiger partial charge in [-0.3, -0.25) is 9.78 Å². The molecular formula is C21H23N3O3. The maximum absolute atomic E-state index is 10.7. The molecule has 0 bridgehead atoms. The number of benzene rings is 1. The molecule has 0 unspecified atom stereocenters. The minimum absolute atomic E-state index is 0.116. The SMILES string of the molecule is CCCCc1ccc(-c2nc(-c3ccc(CCC(=O)O)cc3C)no2)nc1. The van der Waals surface area contributed by atoms with Gasteiger partial charge >= 0.3 is 5.97 Å². The predicted molar refractivity (Wildman–Crippen MR) is 102 cm³/mol. The highest BCUT2D eigenvalue weighted by atomic mass is 16.5. The van der Waals surface area contributed by atoms with Crippen LogP contribution in [0.5, 0.6) is 0 Å². The fourth-order valence-electron chi connectivity index (χ4n) is 2.90. The van der Waals surface area contributed by atoms with Crippen molar-refractivity contribution in [2.75, 3.05) is 0 Å². The lowest BCUT2D eigenvalue weighted by atomic mass is 10.0. The van der Waals surface area contributed by atoms with Gasteiger partial charge in [0.2, 0.25) is 5.82 Å². The van der Waals surface area contributed by atoms with E-state index >= 15 is 0 Å². The van der Waals surface area contributed by atoms with Crippen molar-refractivity contribution in [2.24, 2.45) is 0 Å². The molecule has 6 nitrogen and oxygen atoms in total. The Morgan fingerprint density at radius 2 is 1.96 bits per heavy atom. The number of carbonyl (C=O) groups is 1. The number of nitrogens with zero attached hydrogens (tertiary/aromatic N) is 3. The maximum atomic E-state index is 10.7. The molecule has 6 heteroatoms. The molecule has 140 valence electrons. The molecule has 0 spiro atoms. The van der Waals surface area contributed by atoms with Crippen LogP contribution in [0.3, 0.4) is 0 Å². The van der Waals surface area contributed by atoms with Gasteiger partial charge in [0.25, 0.3) is 5.89 Å². The fourth-order valence-corrected chi connectivity index (χ4v) is 2.90. The van der Waals surface area contributed by atoms with Gasteiger partial charge in [-0.25, -0.2) is 0 Å². The minimum Gasteiger partial charge on any atom is -0.481 e. The highest BCUT2D eigenvalue weighted by Gasteiger charge is 2.14. The monoisotopic (exact) mass is 365 g/mol. The average molecular weight is 365 g/mol. The molecule has 0 aliphatic rings. The van der Waals surface area contributed by atoms with Gasteiger partial charge in [0.15, 0.2) is 0 Å². The Labute approximate surface area is 158 Å². The van der Waals surface area contributed by atoms with Crippen LogP contribution in [0.25, 0.3) is 23.0 Å². The van der Waals surface area contributed by atoms with E-state index in [9.17, 15) is 4.79 Å². The Bertz CT molecular complexity index is 917. The van der Waals surface area contributed by atoms with E-state index in [4.69, 9.17) is 9.63 Å². The second kappa shape index (κ2) is 8.58. The molecule has 1 aromatic carbocycles. The van der Waals surface area contributed by atoms with Crippen molar-refractivity contribution in [1.82, 2.24) is 15.1 Å². The molecule has 0 radical (unpaired) electrons. The van der Waals surface area contributed by atoms with E-state index in [2.05, 4.69) is 22.0 Å². The molecule has 1 N–H and O–H groups in total. The number of carboxylic acid groups (broad SMARTS) is 1. The number of carboxylic acids is 1. The third kappa shape index (κ3) is 4.78. The van der Waals surface area contributed by atoms with Crippen molar-refractivity contribution in [1.29, 1.82) is 0 Å². The summed E-state index contributed by atoms with van der Waals surface area (Å²) in [5, 5.41) is 12.9. The second-order valence-electron chi connectivity index (χ2n) is 6.62. The molecule has 0 saturated heterocycles. The molecule has 2 heterocycles. The second-order valence-corrected chi connectivity index (χ2v) is 6.62. The lowest BCUT2D eigenvalue weighted by Gasteiger charge is -2.04. The van der Waals surface area contributed by atoms with Gasteiger partial charge in [-0.05, 0) is 48.9 Å². The maximum Gasteiger partial charge on any atom is 0.303 e. The van der Waals surface area contributed by atoms with E-state index in [0.29, 0.717) is 23.8 Å². The van der Waals surface area contributed by atoms with Crippen molar-refractivity contribution in [3.8, 4) is 23.0 Å². The largest absolute Gasteiger partial charge is 0.481 e. The number of hydrogen-bond donors (Lipinski definition) is 1. The molecule has 3 rings (SSSR count). The summed E-state index contributed by atoms with van der Waals surface area (Å²) in [6, 6.07) is 9.73. The first-order chi connectivity index (χ1) is 13.1. The smallest absolute Gasteiger partial charge is 0.303 e. The molecule has 2 aromatic heterocycles. The van der Waals surface area contributed by atoms with E-state index in [-0.39, 0.29) is 6.42 Å². The topological polar surface area (TPSA) is 89.1 Å². The molecule has 0 fully saturated rings. The number of unbranched alkanes of at least 4 members (excludes halogenated alkanes) is 1. The van der Waals surface area contributed by atoms with Crippen LogP contribution >= 0.6 is 0 Å². The van der Waals surface area contributed by atoms with Crippen molar-refractivity contribution < 1.29 is 14.4 Å². The van der Waals surface area contributed by atoms with E-state index in [1.807, 2.05) is 43.5 Å². The van der Waals surface area contributed by atoms with Gasteiger partial charge in [-0.15, -0.1) is 0 Å². The van der Waals surface area contributed by atoms with Crippen molar-refractivity contribution >= 4 is 5.97 Å². The van der Waals surface area contributed by atoms with Gasteiger partial charge < -0.3 is 9.63 Å². The quantitative estimate of drug-likeness (QED) is 0.633. The number of hydrogen-bond acceptors (Lipinski definition) is 5. The minimum atomic E-state index is -0.798. The van der Waals surface area contributed by atoms with Crippen LogP contribution < -0.4 is 0 Å². The van der Waals surface area contributed by atoms with Crippen LogP contribution in [-0.4, -0.2) is 26.2 Å². The molecular weight excluding hydrogens is 342 g/mol. The standard InChI is InChI=1S/C21H23N3O3/c1-3-4-5-16-7-10-18(22-13-16)21-23-20(24-27-21)17-9-6-15(12-14(17)2)8-11-19(25)26/h6-7,9-10,12-13H,3-5,8,11H2,1-2H3,(H,25,26). The van der Waals surface area contributed by atoms with Crippen LogP contribution in [0.2, 0.25) is 0 Å². The zero-order valence-corrected chi connectivity index (χ0v) is 15.6. The highest BCUT2D eigenvalue weighted by Crippen LogP contribution is 2.25. The zero-order chi connectivity index (χ0) is 19.2. The van der Waals surface area contributed by atoms with Gasteiger partial charge in [-0.2, -0.15) is 4.98 Å². The number of pyridine rings is 1. The fraction of sp³-hybridized carbons (Fsp3) is 0.333. The number of rotatable bonds is 8. The van der Waals surface area contributed by atoms with E-state index in [1.54, 1.807) is 0 Å². The first-order valence-corrected chi connectivity index (χ1v) is 9.17. The molecule has 3 aromatic rings. The summed E-state index contributed by atoms with van der Waals surface area (Å²) >= 11 is 0. The van der Waals surface area contributed by atoms with E-state index in [0.717, 1.165) is 36.0 Å². The molecule has 0 saturated carbocycles. The Kier molecular flexibility index (Phi) is 5.96. The van der Waals surface area contributed by atoms with Gasteiger partial charge in [0, 0.05) is 18.2 Å². The van der Waals surface area contributed by atoms with Crippen molar-refractivity contribution in [3.05, 3.63) is 53.2 Å². The summed E-state index contributed by atoms with van der Waals surface area (Å²) in [6.07, 6.45) is 5.80. The summed E-state index contributed by atoms with van der Waals surface area (Å²) < 4.78 is 5.39. The van der Waals surface area contributed by atoms with Crippen molar-refractivity contribution in [2.45, 2.75) is 46.0 Å². The lowest BCUT2D eigenvalue weighted by Crippen LogP contribution is -1.98. The van der Waals surface area contributed by atoms with Crippen molar-refractivity contribution in [3.63, 3.8) is 0 Å². The summed E-state index contributed by atoms with van der Waals surface area (Å²) in [6.45, 7) is 4.12. The normalized spacial score (nSPS) is 10.9. The third-order valence-electron chi connectivity index (χ3n) is 4.45. The number of aryl methyl sites for hydroxylation is 3. The summed E-state index contributed by atoms with van der Waals surface area (Å²) in [7, 11) is 0. The van der Waals surface area contributed by atoms with Crippen LogP contribution in [0.4, 0.5) is 0 Å². The van der Waals surface area contributed by atoms with Crippen LogP contribution in [-0.2, 0) is 17.6 Å². The lowest BCUT2D eigenvalue weighted by molar-refractivity contribution is -0.136. The average Bonchev–Trinajstić information content (AvgIpc) is 3.15. The Morgan fingerprint density at radius 3 is 2.63 bits per heavy atom. The van der Waals surface area contributed by atoms with Crippen LogP contribution in [0.1, 0.15) is 42.9 Å². The third-order valence-corrected chi connectivity index (χ3v) is 4.45. The van der Waals surface area contributed by atoms with Gasteiger partial charge in [0.05, 0.1) is 0 Å². The number of aromatic nitrogens is 3. The van der Waals surface area contributed by atoms with E-state index in [1.165, 1.54) is 5.56 Å². The molecule has 0 atom stereocenters. The molecule has 27 heavy (non-hydrogen) atoms. The Balaban J connectivity index is 1.76. The van der Waals surface area contributed by atoms with Gasteiger partial charge in [0.1, 0.15) is 5.69 Å². The number of aliphatic carboxylic acids is 1. The summed E-state index contributed by atoms with van der Waals surface area (Å²) in [5.74, 6) is 0.0956. The zero-order valence-electron chi connectivity index (χ0n) is 15.6. The highest BCUT2D eigenvalue weighted by molar-refractivity contribution is 5.67. The Morgan fingerprint density at radius 1 is 1.15 bits per heavy atom. The van der Waals surface area contributed by atoms with Crippen LogP contribution in [0.15, 0.2) is 41.1 Å². The molecule has 0 amide bonds. The molecule has 0 aliphatic carbocycles. The predicted octanol–water partition coefficient (Wildman–Crippen LogP) is 4.47. The summed E-state index contributed by atoms with van der Waals surface area (Å²) in [5.41, 5.74) is 4.68. The van der Waals surface area contributed by atoms with E-state index < -0.39 is 5.97 Å². The first kappa shape index (κ1) is 18.8.